The molecule has 0 saturated heterocycles. The Morgan fingerprint density at radius 2 is 0.960 bits per heavy atom. The second-order valence-corrected chi connectivity index (χ2v) is 12.5. The number of nitrogens with zero attached hydrogens (tertiary/aromatic N) is 5. The summed E-state index contributed by atoms with van der Waals surface area (Å²) in [5.74, 6) is 1.49. The number of para-hydroxylation sites is 2. The van der Waals surface area contributed by atoms with Crippen LogP contribution in [0.4, 0.5) is 17.3 Å². The van der Waals surface area contributed by atoms with E-state index in [1.807, 2.05) is 36.4 Å². The zero-order chi connectivity index (χ0) is 33.0. The van der Waals surface area contributed by atoms with Gasteiger partial charge in [0.05, 0.1) is 33.8 Å². The van der Waals surface area contributed by atoms with Gasteiger partial charge in [-0.05, 0) is 53.2 Å². The van der Waals surface area contributed by atoms with Crippen molar-refractivity contribution in [2.24, 2.45) is 0 Å². The average Bonchev–Trinajstić information content (AvgIpc) is 3.49. The van der Waals surface area contributed by atoms with E-state index in [2.05, 4.69) is 149 Å². The van der Waals surface area contributed by atoms with Crippen LogP contribution in [0.25, 0.3) is 72.5 Å². The molecule has 0 N–H and O–H groups in total. The number of hydrogen-bond donors (Lipinski definition) is 0. The molecule has 2 aromatic heterocycles. The van der Waals surface area contributed by atoms with Crippen LogP contribution in [0.3, 0.4) is 0 Å². The van der Waals surface area contributed by atoms with Crippen LogP contribution in [0.2, 0.25) is 0 Å². The van der Waals surface area contributed by atoms with E-state index in [9.17, 15) is 0 Å². The lowest BCUT2D eigenvalue weighted by Gasteiger charge is -2.25. The van der Waals surface area contributed by atoms with Gasteiger partial charge >= 0.3 is 0 Å². The lowest BCUT2D eigenvalue weighted by Crippen LogP contribution is -2.14. The quantitative estimate of drug-likeness (QED) is 0.192. The van der Waals surface area contributed by atoms with E-state index in [4.69, 9.17) is 15.0 Å². The van der Waals surface area contributed by atoms with Gasteiger partial charge in [0, 0.05) is 33.5 Å². The number of imidazole rings is 1. The number of rotatable bonds is 4. The molecule has 0 amide bonds. The fourth-order valence-electron chi connectivity index (χ4n) is 7.17. The van der Waals surface area contributed by atoms with Gasteiger partial charge in [-0.2, -0.15) is 0 Å². The van der Waals surface area contributed by atoms with Crippen molar-refractivity contribution < 1.29 is 0 Å². The van der Waals surface area contributed by atoms with Crippen molar-refractivity contribution in [1.29, 1.82) is 0 Å². The van der Waals surface area contributed by atoms with Gasteiger partial charge in [0.15, 0.2) is 5.82 Å². The van der Waals surface area contributed by atoms with Crippen LogP contribution in [0.5, 0.6) is 0 Å². The summed E-state index contributed by atoms with van der Waals surface area (Å²) in [6.07, 6.45) is 0. The van der Waals surface area contributed by atoms with Crippen LogP contribution >= 0.6 is 0 Å². The number of anilines is 3. The lowest BCUT2D eigenvalue weighted by atomic mass is 10.0. The second kappa shape index (κ2) is 11.4. The van der Waals surface area contributed by atoms with E-state index in [-0.39, 0.29) is 0 Å². The number of benzene rings is 7. The van der Waals surface area contributed by atoms with E-state index >= 15 is 0 Å². The summed E-state index contributed by atoms with van der Waals surface area (Å²) in [6, 6.07) is 61.4. The number of hydrogen-bond acceptors (Lipinski definition) is 4. The van der Waals surface area contributed by atoms with E-state index < -0.39 is 0 Å². The minimum Gasteiger partial charge on any atom is -0.280 e. The Hall–Kier alpha value is -6.85. The molecule has 10 rings (SSSR count). The summed E-state index contributed by atoms with van der Waals surface area (Å²) >= 11 is 0. The van der Waals surface area contributed by atoms with Crippen molar-refractivity contribution in [3.05, 3.63) is 176 Å². The molecule has 1 aliphatic rings. The predicted molar refractivity (Wildman–Crippen MR) is 204 cm³/mol. The van der Waals surface area contributed by atoms with E-state index in [1.165, 1.54) is 10.8 Å². The first-order valence-electron chi connectivity index (χ1n) is 16.8. The Morgan fingerprint density at radius 1 is 0.400 bits per heavy atom. The van der Waals surface area contributed by atoms with Crippen molar-refractivity contribution in [2.45, 2.75) is 0 Å². The standard InChI is InChI=1S/C45H29N5/c1-3-14-30(15-4-1)38-29-39(31-16-5-2-6-17-31)47-44(46-38)34-20-13-21-35(26-34)49-41-24-11-9-22-36(41)37-23-10-12-25-42(37)50-43-28-33-19-8-7-18-32(33)27-40(43)48-45(49)50/h1-29H. The summed E-state index contributed by atoms with van der Waals surface area (Å²) in [6.45, 7) is 0. The minimum atomic E-state index is 0.665. The third-order valence-corrected chi connectivity index (χ3v) is 9.51. The molecule has 0 atom stereocenters. The van der Waals surface area contributed by atoms with Gasteiger partial charge in [-0.1, -0.05) is 133 Å². The highest BCUT2D eigenvalue weighted by atomic mass is 15.3. The van der Waals surface area contributed by atoms with Crippen LogP contribution in [0.1, 0.15) is 0 Å². The van der Waals surface area contributed by atoms with Crippen molar-refractivity contribution >= 4 is 39.1 Å². The van der Waals surface area contributed by atoms with Gasteiger partial charge in [-0.3, -0.25) is 9.47 Å². The van der Waals surface area contributed by atoms with Gasteiger partial charge in [0.1, 0.15) is 0 Å². The highest BCUT2D eigenvalue weighted by molar-refractivity contribution is 6.01. The summed E-state index contributed by atoms with van der Waals surface area (Å²) < 4.78 is 2.31. The summed E-state index contributed by atoms with van der Waals surface area (Å²) in [5.41, 5.74) is 12.2. The summed E-state index contributed by atoms with van der Waals surface area (Å²) in [4.78, 5) is 17.9. The molecular formula is C45H29N5. The first-order chi connectivity index (χ1) is 24.8. The van der Waals surface area contributed by atoms with E-state index in [0.29, 0.717) is 5.82 Å². The zero-order valence-electron chi connectivity index (χ0n) is 27.0. The number of aromatic nitrogens is 4. The average molecular weight is 640 g/mol. The third-order valence-electron chi connectivity index (χ3n) is 9.51. The molecular weight excluding hydrogens is 611 g/mol. The molecule has 5 nitrogen and oxygen atoms in total. The molecule has 0 saturated carbocycles. The van der Waals surface area contributed by atoms with Gasteiger partial charge < -0.3 is 0 Å². The predicted octanol–water partition coefficient (Wildman–Crippen LogP) is 11.4. The Labute approximate surface area is 289 Å². The Morgan fingerprint density at radius 3 is 1.66 bits per heavy atom. The van der Waals surface area contributed by atoms with Crippen molar-refractivity contribution in [3.63, 3.8) is 0 Å². The molecule has 0 unspecified atom stereocenters. The van der Waals surface area contributed by atoms with Gasteiger partial charge in [0.25, 0.3) is 0 Å². The molecule has 7 aromatic carbocycles. The van der Waals surface area contributed by atoms with Crippen molar-refractivity contribution in [1.82, 2.24) is 19.5 Å². The SMILES string of the molecule is c1ccc(-c2cc(-c3ccccc3)nc(-c3cccc(N4c5ccccc5-c5ccccc5-n5c4nc4cc6ccccc6cc45)c3)n2)cc1. The van der Waals surface area contributed by atoms with Crippen LogP contribution < -0.4 is 4.90 Å². The van der Waals surface area contributed by atoms with Crippen LogP contribution in [-0.2, 0) is 0 Å². The summed E-state index contributed by atoms with van der Waals surface area (Å²) in [7, 11) is 0. The molecule has 0 aliphatic carbocycles. The topological polar surface area (TPSA) is 46.8 Å². The molecule has 3 heterocycles. The molecule has 0 radical (unpaired) electrons. The molecule has 50 heavy (non-hydrogen) atoms. The first kappa shape index (κ1) is 28.2. The molecule has 0 spiro atoms. The maximum Gasteiger partial charge on any atom is 0.220 e. The maximum absolute atomic E-state index is 5.39. The molecule has 234 valence electrons. The zero-order valence-corrected chi connectivity index (χ0v) is 27.0. The molecule has 5 heteroatoms. The normalized spacial score (nSPS) is 12.0. The molecule has 1 aliphatic heterocycles. The van der Waals surface area contributed by atoms with Crippen LogP contribution in [0, 0.1) is 0 Å². The van der Waals surface area contributed by atoms with Crippen molar-refractivity contribution in [2.75, 3.05) is 4.90 Å². The van der Waals surface area contributed by atoms with E-state index in [0.717, 1.165) is 73.2 Å². The maximum atomic E-state index is 5.39. The van der Waals surface area contributed by atoms with E-state index in [1.54, 1.807) is 0 Å². The fraction of sp³-hybridized carbons (Fsp3) is 0. The molecule has 0 bridgehead atoms. The highest BCUT2D eigenvalue weighted by Gasteiger charge is 2.29. The molecule has 0 fully saturated rings. The number of fused-ring (bicyclic) bond motifs is 8. The van der Waals surface area contributed by atoms with Crippen LogP contribution in [0.15, 0.2) is 176 Å². The van der Waals surface area contributed by atoms with Crippen molar-refractivity contribution in [3.8, 4) is 50.7 Å². The minimum absolute atomic E-state index is 0.665. The lowest BCUT2D eigenvalue weighted by molar-refractivity contribution is 1.05. The van der Waals surface area contributed by atoms with Crippen LogP contribution in [-0.4, -0.2) is 19.5 Å². The second-order valence-electron chi connectivity index (χ2n) is 12.5. The Kier molecular flexibility index (Phi) is 6.42. The highest BCUT2D eigenvalue weighted by Crippen LogP contribution is 2.48. The first-order valence-corrected chi connectivity index (χ1v) is 16.8. The smallest absolute Gasteiger partial charge is 0.220 e. The van der Waals surface area contributed by atoms with Gasteiger partial charge in [-0.25, -0.2) is 15.0 Å². The Balaban J connectivity index is 1.22. The molecule has 9 aromatic rings. The van der Waals surface area contributed by atoms with Gasteiger partial charge in [0.2, 0.25) is 5.95 Å². The summed E-state index contributed by atoms with van der Waals surface area (Å²) in [5, 5.41) is 2.35. The Bertz CT molecular complexity index is 2660. The largest absolute Gasteiger partial charge is 0.280 e. The van der Waals surface area contributed by atoms with Gasteiger partial charge in [-0.15, -0.1) is 0 Å². The third kappa shape index (κ3) is 4.60. The fourth-order valence-corrected chi connectivity index (χ4v) is 7.17. The monoisotopic (exact) mass is 639 g/mol.